The van der Waals surface area contributed by atoms with Gasteiger partial charge in [0.15, 0.2) is 0 Å². The largest absolute Gasteiger partial charge is 0.444 e. The van der Waals surface area contributed by atoms with Gasteiger partial charge in [0.25, 0.3) is 0 Å². The number of amides is 1. The van der Waals surface area contributed by atoms with Crippen molar-refractivity contribution in [1.82, 2.24) is 19.9 Å². The van der Waals surface area contributed by atoms with E-state index in [4.69, 9.17) is 14.5 Å². The molecule has 9 nitrogen and oxygen atoms in total. The molecule has 2 aromatic carbocycles. The SMILES string of the molecule is Cc1ccc2c(CC(=O)C3CC34CCCCC4)cccc2c1Oc1ncccc1-c1ccnc(N[C@H]2CCCN(C(=O)OC(C)(C)C)C2)n1. The topological polar surface area (TPSA) is 107 Å². The Morgan fingerprint density at radius 3 is 2.61 bits per heavy atom. The van der Waals surface area contributed by atoms with Crippen molar-refractivity contribution in [2.45, 2.75) is 97.1 Å². The van der Waals surface area contributed by atoms with Crippen molar-refractivity contribution in [3.8, 4) is 22.9 Å². The molecular formula is C40H47N5O4. The third-order valence-electron chi connectivity index (χ3n) is 10.4. The highest BCUT2D eigenvalue weighted by Crippen LogP contribution is 2.62. The smallest absolute Gasteiger partial charge is 0.410 e. The van der Waals surface area contributed by atoms with Crippen LogP contribution in [0.5, 0.6) is 11.6 Å². The van der Waals surface area contributed by atoms with Crippen molar-refractivity contribution >= 4 is 28.6 Å². The van der Waals surface area contributed by atoms with Gasteiger partial charge in [0, 0.05) is 49.2 Å². The molecule has 1 N–H and O–H groups in total. The molecule has 7 rings (SSSR count). The molecule has 2 aromatic heterocycles. The molecule has 49 heavy (non-hydrogen) atoms. The number of benzene rings is 2. The minimum absolute atomic E-state index is 0.00587. The van der Waals surface area contributed by atoms with Crippen LogP contribution in [0.15, 0.2) is 60.9 Å². The molecule has 1 aliphatic heterocycles. The van der Waals surface area contributed by atoms with Gasteiger partial charge in [-0.15, -0.1) is 0 Å². The second-order valence-electron chi connectivity index (χ2n) is 15.2. The number of carbonyl (C=O) groups is 2. The molecule has 2 aliphatic carbocycles. The number of nitrogens with one attached hydrogen (secondary N) is 1. The number of rotatable bonds is 8. The van der Waals surface area contributed by atoms with E-state index in [2.05, 4.69) is 39.6 Å². The minimum Gasteiger partial charge on any atom is -0.444 e. The van der Waals surface area contributed by atoms with Gasteiger partial charge < -0.3 is 19.7 Å². The fraction of sp³-hybridized carbons (Fsp3) is 0.475. The lowest BCUT2D eigenvalue weighted by molar-refractivity contribution is -0.120. The highest BCUT2D eigenvalue weighted by Gasteiger charge is 2.56. The summed E-state index contributed by atoms with van der Waals surface area (Å²) in [7, 11) is 0. The second kappa shape index (κ2) is 13.4. The summed E-state index contributed by atoms with van der Waals surface area (Å²) in [5, 5.41) is 5.43. The molecule has 256 valence electrons. The maximum absolute atomic E-state index is 13.5. The molecule has 0 radical (unpaired) electrons. The zero-order valence-electron chi connectivity index (χ0n) is 29.1. The lowest BCUT2D eigenvalue weighted by atomic mass is 9.83. The highest BCUT2D eigenvalue weighted by atomic mass is 16.6. The molecular weight excluding hydrogens is 614 g/mol. The molecule has 1 spiro atoms. The molecule has 3 aliphatic rings. The number of likely N-dealkylation sites (tertiary alicyclic amines) is 1. The van der Waals surface area contributed by atoms with Crippen molar-refractivity contribution in [2.24, 2.45) is 11.3 Å². The fourth-order valence-electron chi connectivity index (χ4n) is 7.83. The van der Waals surface area contributed by atoms with Crippen molar-refractivity contribution < 1.29 is 19.1 Å². The maximum Gasteiger partial charge on any atom is 0.410 e. The average molecular weight is 662 g/mol. The van der Waals surface area contributed by atoms with Crippen LogP contribution in [0.3, 0.4) is 0 Å². The van der Waals surface area contributed by atoms with Crippen LogP contribution in [0.1, 0.15) is 83.3 Å². The van der Waals surface area contributed by atoms with Crippen LogP contribution in [-0.4, -0.2) is 56.5 Å². The van der Waals surface area contributed by atoms with Gasteiger partial charge in [0.1, 0.15) is 17.1 Å². The Morgan fingerprint density at radius 2 is 1.80 bits per heavy atom. The van der Waals surface area contributed by atoms with Crippen LogP contribution < -0.4 is 10.1 Å². The molecule has 1 saturated heterocycles. The van der Waals surface area contributed by atoms with E-state index in [-0.39, 0.29) is 23.5 Å². The number of anilines is 1. The zero-order valence-corrected chi connectivity index (χ0v) is 29.1. The number of nitrogens with zero attached hydrogens (tertiary/aromatic N) is 4. The van der Waals surface area contributed by atoms with E-state index in [0.29, 0.717) is 42.8 Å². The Labute approximate surface area is 288 Å². The van der Waals surface area contributed by atoms with Crippen LogP contribution in [-0.2, 0) is 16.0 Å². The Hall–Kier alpha value is -4.53. The number of carbonyl (C=O) groups excluding carboxylic acids is 2. The Balaban J connectivity index is 1.10. The lowest BCUT2D eigenvalue weighted by Gasteiger charge is -2.34. The van der Waals surface area contributed by atoms with E-state index in [0.717, 1.165) is 52.5 Å². The Kier molecular flexibility index (Phi) is 9.03. The Bertz CT molecular complexity index is 1860. The van der Waals surface area contributed by atoms with Crippen LogP contribution in [0.4, 0.5) is 10.7 Å². The minimum atomic E-state index is -0.543. The summed E-state index contributed by atoms with van der Waals surface area (Å²) in [6.45, 7) is 8.84. The first-order valence-electron chi connectivity index (χ1n) is 17.8. The number of ketones is 1. The summed E-state index contributed by atoms with van der Waals surface area (Å²) >= 11 is 0. The summed E-state index contributed by atoms with van der Waals surface area (Å²) in [6, 6.07) is 16.0. The van der Waals surface area contributed by atoms with Gasteiger partial charge in [-0.05, 0) is 99.9 Å². The number of aromatic nitrogens is 3. The highest BCUT2D eigenvalue weighted by molar-refractivity contribution is 5.96. The van der Waals surface area contributed by atoms with Crippen molar-refractivity contribution in [1.29, 1.82) is 0 Å². The summed E-state index contributed by atoms with van der Waals surface area (Å²) < 4.78 is 12.3. The summed E-state index contributed by atoms with van der Waals surface area (Å²) in [4.78, 5) is 41.9. The van der Waals surface area contributed by atoms with E-state index in [1.165, 1.54) is 32.1 Å². The van der Waals surface area contributed by atoms with Gasteiger partial charge in [-0.1, -0.05) is 49.6 Å². The monoisotopic (exact) mass is 661 g/mol. The second-order valence-corrected chi connectivity index (χ2v) is 15.2. The van der Waals surface area contributed by atoms with Crippen molar-refractivity contribution in [3.63, 3.8) is 0 Å². The predicted molar refractivity (Wildman–Crippen MR) is 191 cm³/mol. The number of ether oxygens (including phenoxy) is 2. The molecule has 2 saturated carbocycles. The fourth-order valence-corrected chi connectivity index (χ4v) is 7.83. The molecule has 3 fully saturated rings. The van der Waals surface area contributed by atoms with E-state index in [1.807, 2.05) is 52.0 Å². The standard InChI is InChI=1S/C40H47N5O4/c1-26-15-16-29-27(23-34(46)32-24-40(32)18-6-5-7-19-40)11-8-13-30(29)35(26)48-36-31(14-9-20-41-36)33-17-21-42-37(44-33)43-28-12-10-22-45(25-28)38(47)49-39(2,3)4/h8-9,11,13-17,20-21,28,32H,5-7,10,12,18-19,22-25H2,1-4H3,(H,42,43,44)/t28-,32?/m0/s1. The molecule has 0 bridgehead atoms. The average Bonchev–Trinajstić information content (AvgIpc) is 3.78. The van der Waals surface area contributed by atoms with Gasteiger partial charge in [-0.2, -0.15) is 0 Å². The predicted octanol–water partition coefficient (Wildman–Crippen LogP) is 8.69. The first kappa shape index (κ1) is 33.0. The number of Topliss-reactive ketones (excluding diaryl/α,β-unsaturated/α-hetero) is 1. The number of piperidine rings is 1. The van der Waals surface area contributed by atoms with Gasteiger partial charge >= 0.3 is 6.09 Å². The lowest BCUT2D eigenvalue weighted by Crippen LogP contribution is -2.47. The molecule has 9 heteroatoms. The third kappa shape index (κ3) is 7.26. The number of fused-ring (bicyclic) bond motifs is 1. The zero-order chi connectivity index (χ0) is 34.2. The molecule has 1 unspecified atom stereocenters. The number of aryl methyl sites for hydroxylation is 1. The molecule has 1 amide bonds. The van der Waals surface area contributed by atoms with Crippen molar-refractivity contribution in [2.75, 3.05) is 18.4 Å². The van der Waals surface area contributed by atoms with E-state index < -0.39 is 5.60 Å². The van der Waals surface area contributed by atoms with Gasteiger partial charge in [-0.25, -0.2) is 19.7 Å². The van der Waals surface area contributed by atoms with Crippen LogP contribution in [0.25, 0.3) is 22.0 Å². The van der Waals surface area contributed by atoms with Gasteiger partial charge in [-0.3, -0.25) is 4.79 Å². The van der Waals surface area contributed by atoms with Gasteiger partial charge in [0.05, 0.1) is 11.3 Å². The van der Waals surface area contributed by atoms with Crippen LogP contribution >= 0.6 is 0 Å². The first-order valence-corrected chi connectivity index (χ1v) is 17.8. The quantitative estimate of drug-likeness (QED) is 0.200. The number of hydrogen-bond donors (Lipinski definition) is 1. The van der Waals surface area contributed by atoms with Gasteiger partial charge in [0.2, 0.25) is 11.8 Å². The van der Waals surface area contributed by atoms with E-state index >= 15 is 0 Å². The summed E-state index contributed by atoms with van der Waals surface area (Å²) in [5.41, 5.74) is 3.18. The van der Waals surface area contributed by atoms with Crippen LogP contribution in [0.2, 0.25) is 0 Å². The third-order valence-corrected chi connectivity index (χ3v) is 10.4. The normalized spacial score (nSPS) is 20.2. The van der Waals surface area contributed by atoms with E-state index in [1.54, 1.807) is 17.3 Å². The van der Waals surface area contributed by atoms with E-state index in [9.17, 15) is 9.59 Å². The Morgan fingerprint density at radius 1 is 0.959 bits per heavy atom. The molecule has 3 heterocycles. The molecule has 4 aromatic rings. The summed E-state index contributed by atoms with van der Waals surface area (Å²) in [6.07, 6.45) is 12.6. The first-order chi connectivity index (χ1) is 23.6. The van der Waals surface area contributed by atoms with Crippen LogP contribution in [0, 0.1) is 18.3 Å². The number of pyridine rings is 1. The maximum atomic E-state index is 13.5. The molecule has 2 atom stereocenters. The van der Waals surface area contributed by atoms with Crippen molar-refractivity contribution in [3.05, 3.63) is 72.1 Å². The summed E-state index contributed by atoms with van der Waals surface area (Å²) in [5.74, 6) is 2.23. The number of hydrogen-bond acceptors (Lipinski definition) is 8.